The van der Waals surface area contributed by atoms with Gasteiger partial charge in [0.15, 0.2) is 5.16 Å². The molecule has 1 N–H and O–H groups in total. The van der Waals surface area contributed by atoms with E-state index in [0.29, 0.717) is 22.5 Å². The molecule has 0 saturated heterocycles. The third-order valence-corrected chi connectivity index (χ3v) is 7.47. The van der Waals surface area contributed by atoms with Crippen LogP contribution in [0.1, 0.15) is 53.9 Å². The van der Waals surface area contributed by atoms with E-state index in [-0.39, 0.29) is 24.1 Å². The quantitative estimate of drug-likeness (QED) is 0.160. The van der Waals surface area contributed by atoms with Crippen LogP contribution in [0.3, 0.4) is 0 Å². The lowest BCUT2D eigenvalue weighted by atomic mass is 9.97. The number of nitrogens with zero attached hydrogens (tertiary/aromatic N) is 3. The molecular weight excluding hydrogens is 532 g/mol. The molecule has 0 spiro atoms. The maximum atomic E-state index is 14.0. The minimum absolute atomic E-state index is 0.0894. The van der Waals surface area contributed by atoms with Gasteiger partial charge in [-0.3, -0.25) is 9.59 Å². The number of benzene rings is 3. The molecule has 7 nitrogen and oxygen atoms in total. The van der Waals surface area contributed by atoms with Crippen molar-refractivity contribution in [2.24, 2.45) is 0 Å². The Morgan fingerprint density at radius 3 is 2.07 bits per heavy atom. The van der Waals surface area contributed by atoms with Gasteiger partial charge < -0.3 is 15.0 Å². The summed E-state index contributed by atoms with van der Waals surface area (Å²) < 4.78 is 5.26. The Morgan fingerprint density at radius 1 is 0.878 bits per heavy atom. The Balaban J connectivity index is 1.70. The second-order valence-electron chi connectivity index (χ2n) is 10.2. The molecule has 3 aromatic carbocycles. The monoisotopic (exact) mass is 568 g/mol. The summed E-state index contributed by atoms with van der Waals surface area (Å²) in [4.78, 5) is 38.6. The summed E-state index contributed by atoms with van der Waals surface area (Å²) in [5.41, 5.74) is 5.12. The molecule has 4 rings (SSSR count). The number of carbonyl (C=O) groups is 2. The molecule has 1 atom stereocenters. The van der Waals surface area contributed by atoms with Crippen molar-refractivity contribution in [1.82, 2.24) is 14.9 Å². The highest BCUT2D eigenvalue weighted by Gasteiger charge is 2.32. The number of carbonyl (C=O) groups excluding carboxylic acids is 2. The first kappa shape index (κ1) is 29.8. The highest BCUT2D eigenvalue weighted by molar-refractivity contribution is 7.99. The maximum Gasteiger partial charge on any atom is 0.251 e. The van der Waals surface area contributed by atoms with Crippen LogP contribution in [0.25, 0.3) is 0 Å². The van der Waals surface area contributed by atoms with Crippen LogP contribution >= 0.6 is 11.8 Å². The van der Waals surface area contributed by atoms with E-state index < -0.39 is 6.04 Å². The molecule has 212 valence electrons. The Labute approximate surface area is 246 Å². The van der Waals surface area contributed by atoms with Crippen LogP contribution in [-0.2, 0) is 16.1 Å². The van der Waals surface area contributed by atoms with E-state index >= 15 is 0 Å². The molecule has 1 aromatic heterocycles. The summed E-state index contributed by atoms with van der Waals surface area (Å²) >= 11 is 1.28. The molecule has 0 aliphatic heterocycles. The minimum atomic E-state index is -0.869. The third-order valence-electron chi connectivity index (χ3n) is 6.64. The van der Waals surface area contributed by atoms with Gasteiger partial charge in [-0.2, -0.15) is 0 Å². The van der Waals surface area contributed by atoms with E-state index in [1.54, 1.807) is 36.3 Å². The van der Waals surface area contributed by atoms with Gasteiger partial charge >= 0.3 is 0 Å². The second kappa shape index (κ2) is 13.9. The molecule has 4 aromatic rings. The molecule has 0 aliphatic rings. The van der Waals surface area contributed by atoms with E-state index in [2.05, 4.69) is 29.1 Å². The van der Waals surface area contributed by atoms with Crippen molar-refractivity contribution in [3.63, 3.8) is 0 Å². The van der Waals surface area contributed by atoms with Crippen molar-refractivity contribution in [2.45, 2.75) is 51.4 Å². The summed E-state index contributed by atoms with van der Waals surface area (Å²) in [6, 6.07) is 25.8. The number of methoxy groups -OCH3 is 1. The number of rotatable bonds is 11. The van der Waals surface area contributed by atoms with Gasteiger partial charge in [0.05, 0.1) is 12.9 Å². The van der Waals surface area contributed by atoms with Crippen LogP contribution in [0.2, 0.25) is 0 Å². The molecule has 0 radical (unpaired) electrons. The number of nitrogens with one attached hydrogen (secondary N) is 1. The molecule has 41 heavy (non-hydrogen) atoms. The molecule has 8 heteroatoms. The number of ether oxygens (including phenoxy) is 1. The number of hydrogen-bond acceptors (Lipinski definition) is 6. The standard InChI is InChI=1S/C33H36N4O3S/c1-22(2)26-11-13-27(14-12-26)31(32(39)36-28-15-17-29(40-5)18-16-28)37(20-25-9-7-6-8-10-25)30(38)21-41-33-34-23(3)19-24(4)35-33/h6-19,22,31H,20-21H2,1-5H3,(H,36,39)/t31-/m1/s1. The Hall–Kier alpha value is -4.17. The van der Waals surface area contributed by atoms with Crippen molar-refractivity contribution in [2.75, 3.05) is 18.2 Å². The van der Waals surface area contributed by atoms with Gasteiger partial charge in [0.25, 0.3) is 5.91 Å². The number of anilines is 1. The van der Waals surface area contributed by atoms with Crippen molar-refractivity contribution >= 4 is 29.3 Å². The van der Waals surface area contributed by atoms with Crippen LogP contribution in [0.5, 0.6) is 5.75 Å². The summed E-state index contributed by atoms with van der Waals surface area (Å²) in [7, 11) is 1.60. The predicted molar refractivity (Wildman–Crippen MR) is 164 cm³/mol. The normalized spacial score (nSPS) is 11.7. The molecular formula is C33H36N4O3S. The van der Waals surface area contributed by atoms with Crippen molar-refractivity contribution in [3.05, 3.63) is 113 Å². The van der Waals surface area contributed by atoms with Gasteiger partial charge in [0, 0.05) is 23.6 Å². The molecule has 1 heterocycles. The fraction of sp³-hybridized carbons (Fsp3) is 0.273. The smallest absolute Gasteiger partial charge is 0.251 e. The zero-order valence-corrected chi connectivity index (χ0v) is 24.9. The fourth-order valence-corrected chi connectivity index (χ4v) is 5.33. The first-order valence-electron chi connectivity index (χ1n) is 13.6. The molecule has 0 saturated carbocycles. The van der Waals surface area contributed by atoms with E-state index in [1.807, 2.05) is 74.5 Å². The molecule has 0 aliphatic carbocycles. The number of thioether (sulfide) groups is 1. The van der Waals surface area contributed by atoms with Gasteiger partial charge in [-0.1, -0.05) is 80.2 Å². The zero-order chi connectivity index (χ0) is 29.4. The van der Waals surface area contributed by atoms with Crippen molar-refractivity contribution < 1.29 is 14.3 Å². The summed E-state index contributed by atoms with van der Waals surface area (Å²) in [6.45, 7) is 8.33. The third kappa shape index (κ3) is 8.17. The van der Waals surface area contributed by atoms with Crippen LogP contribution in [-0.4, -0.2) is 39.5 Å². The van der Waals surface area contributed by atoms with Crippen LogP contribution in [0, 0.1) is 13.8 Å². The first-order chi connectivity index (χ1) is 19.7. The zero-order valence-electron chi connectivity index (χ0n) is 24.1. The number of amides is 2. The number of hydrogen-bond donors (Lipinski definition) is 1. The first-order valence-corrected chi connectivity index (χ1v) is 14.6. The van der Waals surface area contributed by atoms with E-state index in [1.165, 1.54) is 11.8 Å². The topological polar surface area (TPSA) is 84.4 Å². The molecule has 0 fully saturated rings. The van der Waals surface area contributed by atoms with Gasteiger partial charge in [0.1, 0.15) is 11.8 Å². The van der Waals surface area contributed by atoms with E-state index in [0.717, 1.165) is 28.1 Å². The van der Waals surface area contributed by atoms with Crippen molar-refractivity contribution in [1.29, 1.82) is 0 Å². The molecule has 2 amide bonds. The Kier molecular flexibility index (Phi) is 10.1. The van der Waals surface area contributed by atoms with E-state index in [9.17, 15) is 9.59 Å². The number of aryl methyl sites for hydroxylation is 2. The highest BCUT2D eigenvalue weighted by Crippen LogP contribution is 2.29. The minimum Gasteiger partial charge on any atom is -0.497 e. The van der Waals surface area contributed by atoms with Gasteiger partial charge in [0.2, 0.25) is 5.91 Å². The SMILES string of the molecule is COc1ccc(NC(=O)[C@@H](c2ccc(C(C)C)cc2)N(Cc2ccccc2)C(=O)CSc2nc(C)cc(C)n2)cc1. The van der Waals surface area contributed by atoms with Crippen LogP contribution in [0.4, 0.5) is 5.69 Å². The lowest BCUT2D eigenvalue weighted by Gasteiger charge is -2.32. The van der Waals surface area contributed by atoms with Gasteiger partial charge in [-0.15, -0.1) is 0 Å². The highest BCUT2D eigenvalue weighted by atomic mass is 32.2. The van der Waals surface area contributed by atoms with Crippen LogP contribution < -0.4 is 10.1 Å². The average molecular weight is 569 g/mol. The number of aromatic nitrogens is 2. The van der Waals surface area contributed by atoms with Gasteiger partial charge in [-0.05, 0) is 66.8 Å². The molecule has 0 unspecified atom stereocenters. The van der Waals surface area contributed by atoms with Crippen molar-refractivity contribution in [3.8, 4) is 5.75 Å². The molecule has 0 bridgehead atoms. The maximum absolute atomic E-state index is 14.0. The average Bonchev–Trinajstić information content (AvgIpc) is 2.96. The van der Waals surface area contributed by atoms with Crippen LogP contribution in [0.15, 0.2) is 90.1 Å². The summed E-state index contributed by atoms with van der Waals surface area (Å²) in [5.74, 6) is 0.627. The Bertz CT molecular complexity index is 1440. The predicted octanol–water partition coefficient (Wildman–Crippen LogP) is 6.73. The lowest BCUT2D eigenvalue weighted by Crippen LogP contribution is -2.41. The fourth-order valence-electron chi connectivity index (χ4n) is 4.49. The largest absolute Gasteiger partial charge is 0.497 e. The Morgan fingerprint density at radius 2 is 1.49 bits per heavy atom. The summed E-state index contributed by atoms with van der Waals surface area (Å²) in [6.07, 6.45) is 0. The lowest BCUT2D eigenvalue weighted by molar-refractivity contribution is -0.137. The summed E-state index contributed by atoms with van der Waals surface area (Å²) in [5, 5.41) is 3.56. The van der Waals surface area contributed by atoms with E-state index in [4.69, 9.17) is 4.74 Å². The van der Waals surface area contributed by atoms with Gasteiger partial charge in [-0.25, -0.2) is 9.97 Å². The second-order valence-corrected chi connectivity index (χ2v) is 11.1.